The number of aryl methyl sites for hydroxylation is 1. The van der Waals surface area contributed by atoms with Crippen LogP contribution in [0.25, 0.3) is 5.70 Å². The lowest BCUT2D eigenvalue weighted by atomic mass is 9.84. The SMILES string of the molecule is Cc1ccc([C@@H]2C3=C(Nc4ncnn42)c2ccccc2O[C@@H]3c2ccccc2F)cc1. The Balaban J connectivity index is 1.65. The Kier molecular flexibility index (Phi) is 3.93. The van der Waals surface area contributed by atoms with Crippen LogP contribution in [-0.4, -0.2) is 14.8 Å². The Hall–Kier alpha value is -3.93. The third kappa shape index (κ3) is 2.75. The van der Waals surface area contributed by atoms with Crippen molar-refractivity contribution in [3.8, 4) is 5.75 Å². The molecule has 1 N–H and O–H groups in total. The molecule has 0 saturated carbocycles. The van der Waals surface area contributed by atoms with E-state index in [9.17, 15) is 4.39 Å². The van der Waals surface area contributed by atoms with E-state index in [-0.39, 0.29) is 11.9 Å². The van der Waals surface area contributed by atoms with Gasteiger partial charge in [0.25, 0.3) is 0 Å². The van der Waals surface area contributed by atoms with Crippen LogP contribution < -0.4 is 10.1 Å². The summed E-state index contributed by atoms with van der Waals surface area (Å²) in [4.78, 5) is 4.42. The second-order valence-corrected chi connectivity index (χ2v) is 7.81. The molecule has 0 bridgehead atoms. The molecular formula is C25H19FN4O. The van der Waals surface area contributed by atoms with Crippen molar-refractivity contribution in [3.05, 3.63) is 113 Å². The maximum absolute atomic E-state index is 15.0. The number of hydrogen-bond donors (Lipinski definition) is 1. The van der Waals surface area contributed by atoms with Gasteiger partial charge in [0.05, 0.1) is 5.70 Å². The molecule has 0 radical (unpaired) electrons. The molecule has 5 nitrogen and oxygen atoms in total. The Labute approximate surface area is 178 Å². The van der Waals surface area contributed by atoms with E-state index in [0.29, 0.717) is 17.3 Å². The van der Waals surface area contributed by atoms with Crippen molar-refractivity contribution < 1.29 is 9.13 Å². The minimum Gasteiger partial charge on any atom is -0.480 e. The Morgan fingerprint density at radius 1 is 0.968 bits per heavy atom. The second-order valence-electron chi connectivity index (χ2n) is 7.81. The zero-order valence-corrected chi connectivity index (χ0v) is 16.8. The average Bonchev–Trinajstić information content (AvgIpc) is 3.27. The van der Waals surface area contributed by atoms with E-state index in [1.807, 2.05) is 35.0 Å². The molecule has 1 aromatic heterocycles. The number of nitrogens with one attached hydrogen (secondary N) is 1. The fourth-order valence-corrected chi connectivity index (χ4v) is 4.43. The third-order valence-electron chi connectivity index (χ3n) is 5.90. The molecule has 0 saturated heterocycles. The van der Waals surface area contributed by atoms with Crippen LogP contribution in [0.4, 0.5) is 10.3 Å². The van der Waals surface area contributed by atoms with Crippen molar-refractivity contribution >= 4 is 11.6 Å². The summed E-state index contributed by atoms with van der Waals surface area (Å²) in [7, 11) is 0. The van der Waals surface area contributed by atoms with Crippen LogP contribution in [0.3, 0.4) is 0 Å². The highest BCUT2D eigenvalue weighted by molar-refractivity contribution is 5.85. The molecule has 2 atom stereocenters. The van der Waals surface area contributed by atoms with Crippen LogP contribution in [-0.2, 0) is 0 Å². The van der Waals surface area contributed by atoms with Gasteiger partial charge in [-0.1, -0.05) is 60.2 Å². The van der Waals surface area contributed by atoms with Crippen LogP contribution in [0, 0.1) is 12.7 Å². The van der Waals surface area contributed by atoms with E-state index in [4.69, 9.17) is 4.74 Å². The summed E-state index contributed by atoms with van der Waals surface area (Å²) in [5.41, 5.74) is 5.42. The van der Waals surface area contributed by atoms with Gasteiger partial charge in [-0.25, -0.2) is 9.07 Å². The van der Waals surface area contributed by atoms with E-state index in [0.717, 1.165) is 22.4 Å². The lowest BCUT2D eigenvalue weighted by Crippen LogP contribution is -2.32. The third-order valence-corrected chi connectivity index (χ3v) is 5.90. The molecule has 6 rings (SSSR count). The Morgan fingerprint density at radius 3 is 2.58 bits per heavy atom. The van der Waals surface area contributed by atoms with Crippen LogP contribution >= 0.6 is 0 Å². The molecule has 2 aliphatic heterocycles. The Bertz CT molecular complexity index is 1330. The standard InChI is InChI=1S/C25H19FN4O/c1-15-10-12-16(13-11-15)23-21-22(29-25-27-14-28-30(23)25)18-7-3-5-9-20(18)31-24(21)17-6-2-4-8-19(17)26/h2-14,23-24H,1H3,(H,27,28,29)/t23-,24-/m1/s1. The first-order valence-corrected chi connectivity index (χ1v) is 10.2. The van der Waals surface area contributed by atoms with Crippen molar-refractivity contribution in [3.63, 3.8) is 0 Å². The van der Waals surface area contributed by atoms with Gasteiger partial charge >= 0.3 is 0 Å². The molecule has 3 aromatic carbocycles. The van der Waals surface area contributed by atoms with Crippen molar-refractivity contribution in [2.75, 3.05) is 5.32 Å². The first kappa shape index (κ1) is 17.9. The van der Waals surface area contributed by atoms with Gasteiger partial charge in [-0.05, 0) is 30.7 Å². The van der Waals surface area contributed by atoms with Gasteiger partial charge in [0.15, 0.2) is 6.10 Å². The molecular weight excluding hydrogens is 391 g/mol. The summed E-state index contributed by atoms with van der Waals surface area (Å²) in [6.45, 7) is 2.06. The highest BCUT2D eigenvalue weighted by Gasteiger charge is 2.41. The van der Waals surface area contributed by atoms with Crippen LogP contribution in [0.5, 0.6) is 5.75 Å². The van der Waals surface area contributed by atoms with Crippen LogP contribution in [0.1, 0.15) is 34.4 Å². The molecule has 4 aromatic rings. The molecule has 0 fully saturated rings. The summed E-state index contributed by atoms with van der Waals surface area (Å²) in [5.74, 6) is 1.05. The smallest absolute Gasteiger partial charge is 0.226 e. The van der Waals surface area contributed by atoms with Gasteiger partial charge in [-0.15, -0.1) is 0 Å². The first-order valence-electron chi connectivity index (χ1n) is 10.2. The van der Waals surface area contributed by atoms with Crippen molar-refractivity contribution in [2.45, 2.75) is 19.1 Å². The van der Waals surface area contributed by atoms with E-state index in [2.05, 4.69) is 46.6 Å². The number of aromatic nitrogens is 3. The zero-order valence-electron chi connectivity index (χ0n) is 16.8. The van der Waals surface area contributed by atoms with Crippen LogP contribution in [0.15, 0.2) is 84.7 Å². The molecule has 3 heterocycles. The van der Waals surface area contributed by atoms with Gasteiger partial charge in [0.2, 0.25) is 5.95 Å². The average molecular weight is 410 g/mol. The molecule has 0 unspecified atom stereocenters. The molecule has 0 spiro atoms. The molecule has 6 heteroatoms. The summed E-state index contributed by atoms with van der Waals surface area (Å²) in [5, 5.41) is 7.93. The molecule has 0 amide bonds. The molecule has 31 heavy (non-hydrogen) atoms. The molecule has 0 aliphatic carbocycles. The molecule has 2 aliphatic rings. The first-order chi connectivity index (χ1) is 15.2. The number of para-hydroxylation sites is 1. The quantitative estimate of drug-likeness (QED) is 0.488. The summed E-state index contributed by atoms with van der Waals surface area (Å²) in [6.07, 6.45) is 0.926. The highest BCUT2D eigenvalue weighted by Crippen LogP contribution is 2.50. The lowest BCUT2D eigenvalue weighted by molar-refractivity contribution is 0.218. The monoisotopic (exact) mass is 410 g/mol. The lowest BCUT2D eigenvalue weighted by Gasteiger charge is -2.39. The minimum absolute atomic E-state index is 0.285. The number of halogens is 1. The highest BCUT2D eigenvalue weighted by atomic mass is 19.1. The second kappa shape index (κ2) is 6.80. The number of benzene rings is 3. The fourth-order valence-electron chi connectivity index (χ4n) is 4.43. The van der Waals surface area contributed by atoms with E-state index in [1.165, 1.54) is 18.0 Å². The number of hydrogen-bond acceptors (Lipinski definition) is 4. The van der Waals surface area contributed by atoms with Gasteiger partial charge < -0.3 is 10.1 Å². The van der Waals surface area contributed by atoms with Crippen LogP contribution in [0.2, 0.25) is 0 Å². The minimum atomic E-state index is -0.609. The largest absolute Gasteiger partial charge is 0.480 e. The van der Waals surface area contributed by atoms with Crippen molar-refractivity contribution in [1.29, 1.82) is 0 Å². The number of ether oxygens (including phenoxy) is 1. The molecule has 152 valence electrons. The normalized spacial score (nSPS) is 19.0. The van der Waals surface area contributed by atoms with Gasteiger partial charge in [0, 0.05) is 16.7 Å². The van der Waals surface area contributed by atoms with E-state index < -0.39 is 6.10 Å². The number of anilines is 1. The topological polar surface area (TPSA) is 52.0 Å². The van der Waals surface area contributed by atoms with Gasteiger partial charge in [-0.3, -0.25) is 0 Å². The zero-order chi connectivity index (χ0) is 20.9. The predicted molar refractivity (Wildman–Crippen MR) is 116 cm³/mol. The van der Waals surface area contributed by atoms with Crippen molar-refractivity contribution in [1.82, 2.24) is 14.8 Å². The fraction of sp³-hybridized carbons (Fsp3) is 0.120. The van der Waals surface area contributed by atoms with Crippen molar-refractivity contribution in [2.24, 2.45) is 0 Å². The number of rotatable bonds is 2. The van der Waals surface area contributed by atoms with E-state index >= 15 is 0 Å². The number of nitrogens with zero attached hydrogens (tertiary/aromatic N) is 3. The summed E-state index contributed by atoms with van der Waals surface area (Å²) < 4.78 is 23.2. The maximum atomic E-state index is 15.0. The summed E-state index contributed by atoms with van der Waals surface area (Å²) in [6, 6.07) is 22.6. The maximum Gasteiger partial charge on any atom is 0.226 e. The van der Waals surface area contributed by atoms with Gasteiger partial charge in [-0.2, -0.15) is 10.1 Å². The van der Waals surface area contributed by atoms with Gasteiger partial charge in [0.1, 0.15) is 23.9 Å². The summed E-state index contributed by atoms with van der Waals surface area (Å²) >= 11 is 0. The predicted octanol–water partition coefficient (Wildman–Crippen LogP) is 5.29. The number of fused-ring (bicyclic) bond motifs is 3. The van der Waals surface area contributed by atoms with E-state index in [1.54, 1.807) is 12.1 Å². The Morgan fingerprint density at radius 2 is 1.74 bits per heavy atom.